The number of nitrogens with zero attached hydrogens (tertiary/aromatic N) is 1. The van der Waals surface area contributed by atoms with E-state index < -0.39 is 5.37 Å². The molecule has 2 aliphatic rings. The summed E-state index contributed by atoms with van der Waals surface area (Å²) in [5, 5.41) is 14.0. The number of thioether (sulfide) groups is 2. The fraction of sp³-hybridized carbons (Fsp3) is 0.267. The lowest BCUT2D eigenvalue weighted by molar-refractivity contribution is -0.115. The second kappa shape index (κ2) is 7.24. The Morgan fingerprint density at radius 1 is 1.32 bits per heavy atom. The van der Waals surface area contributed by atoms with Gasteiger partial charge in [-0.3, -0.25) is 19.9 Å². The van der Waals surface area contributed by atoms with Crippen molar-refractivity contribution in [1.29, 1.82) is 0 Å². The molecule has 4 rings (SSSR count). The Labute approximate surface area is 156 Å². The molecule has 130 valence electrons. The first kappa shape index (κ1) is 16.7. The van der Waals surface area contributed by atoms with Gasteiger partial charge in [-0.1, -0.05) is 11.8 Å². The molecule has 0 bridgehead atoms. The minimum absolute atomic E-state index is 0.0787. The van der Waals surface area contributed by atoms with Crippen molar-refractivity contribution >= 4 is 57.4 Å². The highest BCUT2D eigenvalue weighted by Gasteiger charge is 2.29. The fourth-order valence-corrected chi connectivity index (χ4v) is 5.16. The Bertz CT molecular complexity index is 781. The van der Waals surface area contributed by atoms with E-state index in [9.17, 15) is 9.59 Å². The summed E-state index contributed by atoms with van der Waals surface area (Å²) in [6, 6.07) is 3.60. The zero-order valence-electron chi connectivity index (χ0n) is 12.9. The summed E-state index contributed by atoms with van der Waals surface area (Å²) in [5.74, 6) is 0.590. The Hall–Kier alpha value is -1.75. The van der Waals surface area contributed by atoms with E-state index in [4.69, 9.17) is 0 Å². The number of hydrogen-bond acceptors (Lipinski definition) is 8. The number of pyridine rings is 1. The van der Waals surface area contributed by atoms with Crippen LogP contribution in [0.4, 0.5) is 10.7 Å². The number of aromatic nitrogens is 1. The molecular weight excluding hydrogens is 378 g/mol. The quantitative estimate of drug-likeness (QED) is 0.631. The highest BCUT2D eigenvalue weighted by molar-refractivity contribution is 8.01. The summed E-state index contributed by atoms with van der Waals surface area (Å²) >= 11 is 4.43. The van der Waals surface area contributed by atoms with E-state index in [1.165, 1.54) is 23.1 Å². The molecular formula is C15H15N5O2S3. The number of hydrogen-bond donors (Lipinski definition) is 4. The number of thiophene rings is 1. The van der Waals surface area contributed by atoms with Gasteiger partial charge in [0, 0.05) is 23.4 Å². The lowest BCUT2D eigenvalue weighted by Gasteiger charge is -2.14. The lowest BCUT2D eigenvalue weighted by atomic mass is 10.3. The van der Waals surface area contributed by atoms with Crippen molar-refractivity contribution in [3.63, 3.8) is 0 Å². The summed E-state index contributed by atoms with van der Waals surface area (Å²) in [4.78, 5) is 30.0. The molecule has 0 spiro atoms. The summed E-state index contributed by atoms with van der Waals surface area (Å²) in [5.41, 5.74) is 1.25. The van der Waals surface area contributed by atoms with E-state index in [2.05, 4.69) is 26.3 Å². The molecule has 0 radical (unpaired) electrons. The Balaban J connectivity index is 1.41. The first-order chi connectivity index (χ1) is 12.2. The minimum atomic E-state index is -0.440. The Kier molecular flexibility index (Phi) is 4.84. The van der Waals surface area contributed by atoms with Crippen LogP contribution in [0.2, 0.25) is 0 Å². The van der Waals surface area contributed by atoms with Crippen molar-refractivity contribution in [3.05, 3.63) is 35.5 Å². The standard InChI is InChI=1S/C15H15N5O2S3/c21-11(20-15-17-4-6-24-15)8-2-5-23-13(8)19-12(22)14-18-9-7-16-3-1-10(9)25-14/h1-3,5,7,14-15,17-18H,4,6H2,(H,19,22)(H,20,21). The lowest BCUT2D eigenvalue weighted by Crippen LogP contribution is -2.39. The Morgan fingerprint density at radius 3 is 3.04 bits per heavy atom. The number of anilines is 2. The number of amides is 2. The molecule has 0 saturated carbocycles. The summed E-state index contributed by atoms with van der Waals surface area (Å²) < 4.78 is 0. The van der Waals surface area contributed by atoms with E-state index in [1.54, 1.807) is 35.6 Å². The van der Waals surface area contributed by atoms with Gasteiger partial charge in [0.25, 0.3) is 11.8 Å². The average Bonchev–Trinajstić information content (AvgIpc) is 3.34. The molecule has 2 aromatic rings. The van der Waals surface area contributed by atoms with E-state index in [1.807, 2.05) is 6.07 Å². The van der Waals surface area contributed by atoms with Crippen LogP contribution in [0.25, 0.3) is 0 Å². The second-order valence-corrected chi connectivity index (χ2v) is 8.62. The second-order valence-electron chi connectivity index (χ2n) is 5.35. The van der Waals surface area contributed by atoms with Crippen LogP contribution in [0.1, 0.15) is 10.4 Å². The molecule has 2 atom stereocenters. The van der Waals surface area contributed by atoms with Crippen LogP contribution in [0.3, 0.4) is 0 Å². The SMILES string of the molecule is O=C(NC1NCCS1)c1ccsc1NC(=O)C1Nc2cnccc2S1. The van der Waals surface area contributed by atoms with Crippen molar-refractivity contribution in [1.82, 2.24) is 15.6 Å². The Morgan fingerprint density at radius 2 is 2.24 bits per heavy atom. The summed E-state index contributed by atoms with van der Waals surface area (Å²) in [6.07, 6.45) is 3.40. The predicted molar refractivity (Wildman–Crippen MR) is 102 cm³/mol. The molecule has 0 aromatic carbocycles. The third-order valence-corrected chi connectivity index (χ3v) is 6.74. The van der Waals surface area contributed by atoms with Gasteiger partial charge in [0.2, 0.25) is 0 Å². The van der Waals surface area contributed by atoms with Gasteiger partial charge in [-0.25, -0.2) is 0 Å². The predicted octanol–water partition coefficient (Wildman–Crippen LogP) is 1.98. The van der Waals surface area contributed by atoms with Crippen LogP contribution in [0, 0.1) is 0 Å². The third-order valence-electron chi connectivity index (χ3n) is 3.68. The molecule has 10 heteroatoms. The monoisotopic (exact) mass is 393 g/mol. The molecule has 2 amide bonds. The van der Waals surface area contributed by atoms with Gasteiger partial charge in [-0.05, 0) is 17.5 Å². The van der Waals surface area contributed by atoms with Gasteiger partial charge < -0.3 is 16.0 Å². The first-order valence-corrected chi connectivity index (χ1v) is 10.4. The van der Waals surface area contributed by atoms with Crippen molar-refractivity contribution in [2.24, 2.45) is 0 Å². The van der Waals surface area contributed by atoms with Crippen LogP contribution < -0.4 is 21.3 Å². The first-order valence-electron chi connectivity index (χ1n) is 7.62. The number of carbonyl (C=O) groups excluding carboxylic acids is 2. The van der Waals surface area contributed by atoms with E-state index >= 15 is 0 Å². The smallest absolute Gasteiger partial charge is 0.258 e. The van der Waals surface area contributed by atoms with Crippen molar-refractivity contribution < 1.29 is 9.59 Å². The molecule has 4 heterocycles. The molecule has 4 N–H and O–H groups in total. The van der Waals surface area contributed by atoms with Gasteiger partial charge in [-0.15, -0.1) is 23.1 Å². The van der Waals surface area contributed by atoms with Crippen molar-refractivity contribution in [3.8, 4) is 0 Å². The topological polar surface area (TPSA) is 95.2 Å². The van der Waals surface area contributed by atoms with E-state index in [0.717, 1.165) is 22.9 Å². The number of rotatable bonds is 4. The van der Waals surface area contributed by atoms with Crippen LogP contribution in [0.15, 0.2) is 34.8 Å². The van der Waals surface area contributed by atoms with Crippen LogP contribution in [-0.4, -0.2) is 40.0 Å². The molecule has 2 aliphatic heterocycles. The maximum atomic E-state index is 12.5. The van der Waals surface area contributed by atoms with Crippen molar-refractivity contribution in [2.45, 2.75) is 15.8 Å². The molecule has 1 fully saturated rings. The van der Waals surface area contributed by atoms with Crippen LogP contribution in [0.5, 0.6) is 0 Å². The highest BCUT2D eigenvalue weighted by atomic mass is 32.2. The molecule has 2 unspecified atom stereocenters. The zero-order chi connectivity index (χ0) is 17.2. The molecule has 2 aromatic heterocycles. The summed E-state index contributed by atoms with van der Waals surface area (Å²) in [6.45, 7) is 0.878. The number of fused-ring (bicyclic) bond motifs is 1. The van der Waals surface area contributed by atoms with Gasteiger partial charge >= 0.3 is 0 Å². The van der Waals surface area contributed by atoms with Gasteiger partial charge in [-0.2, -0.15) is 0 Å². The molecule has 0 aliphatic carbocycles. The van der Waals surface area contributed by atoms with Gasteiger partial charge in [0.05, 0.1) is 17.4 Å². The normalized spacial score (nSPS) is 21.4. The van der Waals surface area contributed by atoms with Gasteiger partial charge in [0.15, 0.2) is 5.37 Å². The van der Waals surface area contributed by atoms with E-state index in [0.29, 0.717) is 10.6 Å². The van der Waals surface area contributed by atoms with Crippen LogP contribution in [-0.2, 0) is 4.79 Å². The average molecular weight is 394 g/mol. The fourth-order valence-electron chi connectivity index (χ4n) is 2.49. The maximum absolute atomic E-state index is 12.5. The van der Waals surface area contributed by atoms with E-state index in [-0.39, 0.29) is 17.3 Å². The maximum Gasteiger partial charge on any atom is 0.258 e. The third kappa shape index (κ3) is 3.61. The zero-order valence-corrected chi connectivity index (χ0v) is 15.4. The highest BCUT2D eigenvalue weighted by Crippen LogP contribution is 2.38. The van der Waals surface area contributed by atoms with Crippen molar-refractivity contribution in [2.75, 3.05) is 22.9 Å². The molecule has 25 heavy (non-hydrogen) atoms. The largest absolute Gasteiger partial charge is 0.363 e. The van der Waals surface area contributed by atoms with Gasteiger partial charge in [0.1, 0.15) is 10.5 Å². The minimum Gasteiger partial charge on any atom is -0.363 e. The number of carbonyl (C=O) groups is 2. The van der Waals surface area contributed by atoms with Crippen LogP contribution >= 0.6 is 34.9 Å². The summed E-state index contributed by atoms with van der Waals surface area (Å²) in [7, 11) is 0. The molecule has 1 saturated heterocycles. The number of nitrogens with one attached hydrogen (secondary N) is 4. The molecule has 7 nitrogen and oxygen atoms in total.